The number of carbonyl (C=O) groups is 2. The lowest BCUT2D eigenvalue weighted by Gasteiger charge is -2.27. The summed E-state index contributed by atoms with van der Waals surface area (Å²) in [5.41, 5.74) is 0.357. The first-order valence-corrected chi connectivity index (χ1v) is 10.9. The van der Waals surface area contributed by atoms with Crippen LogP contribution in [0, 0.1) is 5.92 Å². The molecule has 0 radical (unpaired) electrons. The highest BCUT2D eigenvalue weighted by Crippen LogP contribution is 2.25. The van der Waals surface area contributed by atoms with Crippen molar-refractivity contribution in [2.24, 2.45) is 5.92 Å². The predicted molar refractivity (Wildman–Crippen MR) is 102 cm³/mol. The Labute approximate surface area is 160 Å². The number of sulfonamides is 1. The van der Waals surface area contributed by atoms with Gasteiger partial charge in [0.2, 0.25) is 15.9 Å². The predicted octanol–water partition coefficient (Wildman–Crippen LogP) is 1.46. The second kappa shape index (κ2) is 8.39. The van der Waals surface area contributed by atoms with Gasteiger partial charge in [0.1, 0.15) is 0 Å². The van der Waals surface area contributed by atoms with Gasteiger partial charge in [0.15, 0.2) is 0 Å². The lowest BCUT2D eigenvalue weighted by Crippen LogP contribution is -2.49. The quantitative estimate of drug-likeness (QED) is 0.821. The van der Waals surface area contributed by atoms with Gasteiger partial charge in [-0.15, -0.1) is 0 Å². The number of nitrogens with one attached hydrogen (secondary N) is 1. The summed E-state index contributed by atoms with van der Waals surface area (Å²) in [6.45, 7) is 1.03. The van der Waals surface area contributed by atoms with E-state index in [4.69, 9.17) is 0 Å². The van der Waals surface area contributed by atoms with Crippen molar-refractivity contribution in [1.82, 2.24) is 14.5 Å². The fourth-order valence-corrected chi connectivity index (χ4v) is 5.26. The molecule has 1 N–H and O–H groups in total. The van der Waals surface area contributed by atoms with Crippen LogP contribution in [0.5, 0.6) is 0 Å². The molecule has 1 aromatic carbocycles. The van der Waals surface area contributed by atoms with Crippen LogP contribution < -0.4 is 5.32 Å². The van der Waals surface area contributed by atoms with E-state index >= 15 is 0 Å². The molecule has 0 bridgehead atoms. The average molecular weight is 394 g/mol. The molecule has 148 valence electrons. The molecule has 0 unspecified atom stereocenters. The zero-order valence-electron chi connectivity index (χ0n) is 15.7. The fourth-order valence-electron chi connectivity index (χ4n) is 3.82. The third kappa shape index (κ3) is 4.68. The lowest BCUT2D eigenvalue weighted by molar-refractivity contribution is -0.122. The molecule has 1 heterocycles. The summed E-state index contributed by atoms with van der Waals surface area (Å²) in [5, 5.41) is 2.61. The molecule has 3 rings (SSSR count). The molecule has 8 heteroatoms. The molecule has 27 heavy (non-hydrogen) atoms. The molecule has 1 aliphatic carbocycles. The van der Waals surface area contributed by atoms with Crippen molar-refractivity contribution in [2.45, 2.75) is 37.0 Å². The smallest absolute Gasteiger partial charge is 0.253 e. The van der Waals surface area contributed by atoms with Crippen LogP contribution in [0.15, 0.2) is 29.2 Å². The van der Waals surface area contributed by atoms with E-state index in [1.54, 1.807) is 24.1 Å². The van der Waals surface area contributed by atoms with Gasteiger partial charge in [-0.05, 0) is 37.0 Å². The van der Waals surface area contributed by atoms with Crippen LogP contribution in [0.25, 0.3) is 0 Å². The molecular formula is C19H27N3O4S. The van der Waals surface area contributed by atoms with Gasteiger partial charge in [-0.25, -0.2) is 8.42 Å². The van der Waals surface area contributed by atoms with Gasteiger partial charge in [-0.3, -0.25) is 9.59 Å². The number of amides is 2. The third-order valence-electron chi connectivity index (χ3n) is 5.33. The summed E-state index contributed by atoms with van der Waals surface area (Å²) < 4.78 is 26.8. The maximum absolute atomic E-state index is 12.8. The van der Waals surface area contributed by atoms with Crippen molar-refractivity contribution >= 4 is 21.8 Å². The van der Waals surface area contributed by atoms with Crippen LogP contribution in [0.3, 0.4) is 0 Å². The van der Waals surface area contributed by atoms with Gasteiger partial charge in [0, 0.05) is 32.2 Å². The number of nitrogens with zero attached hydrogens (tertiary/aromatic N) is 2. The minimum Gasteiger partial charge on any atom is -0.354 e. The summed E-state index contributed by atoms with van der Waals surface area (Å²) in [6, 6.07) is 6.11. The summed E-state index contributed by atoms with van der Waals surface area (Å²) in [5.74, 6) is 0.0322. The van der Waals surface area contributed by atoms with Crippen molar-refractivity contribution < 1.29 is 18.0 Å². The number of piperazine rings is 1. The van der Waals surface area contributed by atoms with Crippen molar-refractivity contribution in [3.8, 4) is 0 Å². The highest BCUT2D eigenvalue weighted by atomic mass is 32.2. The molecule has 2 aliphatic rings. The van der Waals surface area contributed by atoms with E-state index in [2.05, 4.69) is 5.32 Å². The summed E-state index contributed by atoms with van der Waals surface area (Å²) >= 11 is 0. The topological polar surface area (TPSA) is 86.8 Å². The van der Waals surface area contributed by atoms with Crippen LogP contribution in [0.4, 0.5) is 0 Å². The monoisotopic (exact) mass is 393 g/mol. The minimum absolute atomic E-state index is 0.0501. The van der Waals surface area contributed by atoms with E-state index in [1.807, 2.05) is 0 Å². The lowest BCUT2D eigenvalue weighted by atomic mass is 9.89. The molecule has 0 aromatic heterocycles. The number of benzene rings is 1. The number of hydrogen-bond acceptors (Lipinski definition) is 4. The van der Waals surface area contributed by atoms with Crippen molar-refractivity contribution in [3.05, 3.63) is 29.8 Å². The van der Waals surface area contributed by atoms with Crippen molar-refractivity contribution in [1.29, 1.82) is 0 Å². The minimum atomic E-state index is -3.80. The second-order valence-electron chi connectivity index (χ2n) is 7.41. The Morgan fingerprint density at radius 3 is 2.70 bits per heavy atom. The Bertz CT molecular complexity index is 803. The van der Waals surface area contributed by atoms with Gasteiger partial charge >= 0.3 is 0 Å². The maximum atomic E-state index is 12.8. The molecule has 0 spiro atoms. The third-order valence-corrected chi connectivity index (χ3v) is 7.17. The Morgan fingerprint density at radius 1 is 1.26 bits per heavy atom. The van der Waals surface area contributed by atoms with Gasteiger partial charge in [-0.2, -0.15) is 4.31 Å². The van der Waals surface area contributed by atoms with Crippen LogP contribution in [-0.4, -0.2) is 62.7 Å². The average Bonchev–Trinajstić information content (AvgIpc) is 2.68. The zero-order chi connectivity index (χ0) is 19.4. The number of carbonyl (C=O) groups excluding carboxylic acids is 2. The van der Waals surface area contributed by atoms with Gasteiger partial charge in [-0.1, -0.05) is 25.3 Å². The highest BCUT2D eigenvalue weighted by Gasteiger charge is 2.30. The standard InChI is InChI=1S/C19H27N3O4S/c1-21(13-15-6-3-2-4-7-15)19(24)16-8-5-9-17(12-16)27(25,26)22-11-10-20-18(23)14-22/h5,8-9,12,15H,2-4,6-7,10-11,13-14H2,1H3,(H,20,23). The number of rotatable bonds is 5. The summed E-state index contributed by atoms with van der Waals surface area (Å²) in [7, 11) is -2.03. The first-order chi connectivity index (χ1) is 12.9. The number of hydrogen-bond donors (Lipinski definition) is 1. The molecule has 7 nitrogen and oxygen atoms in total. The second-order valence-corrected chi connectivity index (χ2v) is 9.34. The highest BCUT2D eigenvalue weighted by molar-refractivity contribution is 7.89. The van der Waals surface area contributed by atoms with Gasteiger partial charge in [0.25, 0.3) is 5.91 Å². The summed E-state index contributed by atoms with van der Waals surface area (Å²) in [6.07, 6.45) is 5.97. The molecule has 2 fully saturated rings. The molecule has 0 atom stereocenters. The van der Waals surface area contributed by atoms with E-state index in [0.717, 1.165) is 17.1 Å². The van der Waals surface area contributed by atoms with Crippen LogP contribution in [0.1, 0.15) is 42.5 Å². The van der Waals surface area contributed by atoms with Gasteiger partial charge < -0.3 is 10.2 Å². The molecule has 1 saturated carbocycles. The Kier molecular flexibility index (Phi) is 6.16. The van der Waals surface area contributed by atoms with Crippen LogP contribution in [-0.2, 0) is 14.8 Å². The normalized spacial score (nSPS) is 19.5. The van der Waals surface area contributed by atoms with E-state index in [1.165, 1.54) is 31.4 Å². The molecule has 1 aromatic rings. The summed E-state index contributed by atoms with van der Waals surface area (Å²) in [4.78, 5) is 26.0. The van der Waals surface area contributed by atoms with E-state index < -0.39 is 10.0 Å². The first kappa shape index (κ1) is 19.8. The van der Waals surface area contributed by atoms with E-state index in [9.17, 15) is 18.0 Å². The van der Waals surface area contributed by atoms with Crippen molar-refractivity contribution in [3.63, 3.8) is 0 Å². The maximum Gasteiger partial charge on any atom is 0.253 e. The first-order valence-electron chi connectivity index (χ1n) is 9.50. The van der Waals surface area contributed by atoms with Crippen molar-refractivity contribution in [2.75, 3.05) is 33.2 Å². The Hall–Kier alpha value is -1.93. The SMILES string of the molecule is CN(CC1CCCCC1)C(=O)c1cccc(S(=O)(=O)N2CCNC(=O)C2)c1. The van der Waals surface area contributed by atoms with E-state index in [-0.39, 0.29) is 29.8 Å². The zero-order valence-corrected chi connectivity index (χ0v) is 16.5. The van der Waals surface area contributed by atoms with Crippen LogP contribution >= 0.6 is 0 Å². The fraction of sp³-hybridized carbons (Fsp3) is 0.579. The molecule has 1 saturated heterocycles. The largest absolute Gasteiger partial charge is 0.354 e. The van der Waals surface area contributed by atoms with E-state index in [0.29, 0.717) is 24.6 Å². The Balaban J connectivity index is 1.74. The van der Waals surface area contributed by atoms with Gasteiger partial charge in [0.05, 0.1) is 11.4 Å². The molecule has 2 amide bonds. The molecular weight excluding hydrogens is 366 g/mol. The molecule has 1 aliphatic heterocycles. The van der Waals surface area contributed by atoms with Crippen LogP contribution in [0.2, 0.25) is 0 Å². The Morgan fingerprint density at radius 2 is 2.00 bits per heavy atom.